The smallest absolute Gasteiger partial charge is 0.0961 e. The van der Waals surface area contributed by atoms with E-state index in [0.29, 0.717) is 0 Å². The molecule has 1 aliphatic rings. The molecule has 0 saturated carbocycles. The van der Waals surface area contributed by atoms with Crippen molar-refractivity contribution in [2.24, 2.45) is 0 Å². The minimum absolute atomic E-state index is 0.0810. The molecule has 112 valence electrons. The Balaban J connectivity index is 1.75. The number of hydrogen-bond acceptors (Lipinski definition) is 3. The third kappa shape index (κ3) is 2.87. The monoisotopic (exact) mass is 285 g/mol. The summed E-state index contributed by atoms with van der Waals surface area (Å²) >= 11 is 0. The summed E-state index contributed by atoms with van der Waals surface area (Å²) < 4.78 is 2.15. The summed E-state index contributed by atoms with van der Waals surface area (Å²) in [4.78, 5) is 4.52. The van der Waals surface area contributed by atoms with E-state index in [1.165, 1.54) is 16.6 Å². The van der Waals surface area contributed by atoms with E-state index in [0.717, 1.165) is 31.4 Å². The van der Waals surface area contributed by atoms with Gasteiger partial charge in [-0.1, -0.05) is 18.2 Å². The molecule has 21 heavy (non-hydrogen) atoms. The number of aromatic nitrogens is 2. The molecule has 1 unspecified atom stereocenters. The number of hydrogen-bond donors (Lipinski definition) is 2. The number of allylic oxidation sites excluding steroid dienone is 1. The van der Waals surface area contributed by atoms with Gasteiger partial charge in [0.2, 0.25) is 0 Å². The first-order chi connectivity index (χ1) is 10.2. The summed E-state index contributed by atoms with van der Waals surface area (Å²) in [6.07, 6.45) is 7.76. The Morgan fingerprint density at radius 3 is 3.10 bits per heavy atom. The number of piperidine rings is 1. The molecular formula is C17H23N3O. The molecule has 0 radical (unpaired) electrons. The molecule has 1 aromatic heterocycles. The van der Waals surface area contributed by atoms with Crippen molar-refractivity contribution in [2.45, 2.75) is 45.4 Å². The lowest BCUT2D eigenvalue weighted by atomic mass is 10.0. The molecule has 2 aromatic rings. The molecule has 0 aliphatic carbocycles. The predicted molar refractivity (Wildman–Crippen MR) is 85.4 cm³/mol. The van der Waals surface area contributed by atoms with Gasteiger partial charge in [0.25, 0.3) is 0 Å². The van der Waals surface area contributed by atoms with Crippen LogP contribution in [0.3, 0.4) is 0 Å². The van der Waals surface area contributed by atoms with E-state index in [2.05, 4.69) is 53.0 Å². The van der Waals surface area contributed by atoms with E-state index in [4.69, 9.17) is 0 Å². The molecule has 1 fully saturated rings. The summed E-state index contributed by atoms with van der Waals surface area (Å²) in [5.41, 5.74) is 4.77. The fourth-order valence-corrected chi connectivity index (χ4v) is 2.93. The SMILES string of the molecule is Cc1ccc2c(ncn2C/C=C/C2NCCC[C@@H]2O)c1C. The molecule has 2 atom stereocenters. The maximum Gasteiger partial charge on any atom is 0.0961 e. The number of nitrogens with one attached hydrogen (secondary N) is 1. The minimum Gasteiger partial charge on any atom is -0.391 e. The fourth-order valence-electron chi connectivity index (χ4n) is 2.93. The van der Waals surface area contributed by atoms with E-state index in [1.54, 1.807) is 0 Å². The van der Waals surface area contributed by atoms with Crippen molar-refractivity contribution in [1.29, 1.82) is 0 Å². The molecule has 0 spiro atoms. The van der Waals surface area contributed by atoms with Crippen molar-refractivity contribution in [1.82, 2.24) is 14.9 Å². The molecule has 4 heteroatoms. The van der Waals surface area contributed by atoms with Gasteiger partial charge in [-0.2, -0.15) is 0 Å². The van der Waals surface area contributed by atoms with Gasteiger partial charge in [-0.3, -0.25) is 0 Å². The second-order valence-corrected chi connectivity index (χ2v) is 5.89. The molecule has 3 rings (SSSR count). The van der Waals surface area contributed by atoms with E-state index in [9.17, 15) is 5.11 Å². The highest BCUT2D eigenvalue weighted by Crippen LogP contribution is 2.20. The van der Waals surface area contributed by atoms with E-state index >= 15 is 0 Å². The van der Waals surface area contributed by atoms with Crippen LogP contribution in [0, 0.1) is 13.8 Å². The van der Waals surface area contributed by atoms with Crippen LogP contribution >= 0.6 is 0 Å². The van der Waals surface area contributed by atoms with Crippen LogP contribution < -0.4 is 5.32 Å². The van der Waals surface area contributed by atoms with Crippen LogP contribution in [0.4, 0.5) is 0 Å². The molecule has 0 amide bonds. The molecular weight excluding hydrogens is 262 g/mol. The number of benzene rings is 1. The molecule has 4 nitrogen and oxygen atoms in total. The van der Waals surface area contributed by atoms with Gasteiger partial charge in [0.15, 0.2) is 0 Å². The maximum absolute atomic E-state index is 9.93. The number of imidazole rings is 1. The highest BCUT2D eigenvalue weighted by Gasteiger charge is 2.19. The van der Waals surface area contributed by atoms with Crippen LogP contribution in [0.2, 0.25) is 0 Å². The standard InChI is InChI=1S/C17H23N3O/c1-12-7-8-15-17(13(12)2)19-11-20(15)10-4-5-14-16(21)6-3-9-18-14/h4-5,7-8,11,14,16,18,21H,3,6,9-10H2,1-2H3/b5-4+/t14?,16-/m0/s1. The highest BCUT2D eigenvalue weighted by atomic mass is 16.3. The van der Waals surface area contributed by atoms with Crippen molar-refractivity contribution in [3.63, 3.8) is 0 Å². The van der Waals surface area contributed by atoms with E-state index in [-0.39, 0.29) is 12.1 Å². The zero-order valence-electron chi connectivity index (χ0n) is 12.7. The average Bonchev–Trinajstić information content (AvgIpc) is 2.89. The van der Waals surface area contributed by atoms with Gasteiger partial charge in [0, 0.05) is 6.54 Å². The summed E-state index contributed by atoms with van der Waals surface area (Å²) in [6, 6.07) is 4.36. The number of aryl methyl sites for hydroxylation is 2. The number of aliphatic hydroxyl groups excluding tert-OH is 1. The van der Waals surface area contributed by atoms with Gasteiger partial charge >= 0.3 is 0 Å². The van der Waals surface area contributed by atoms with Crippen LogP contribution in [0.25, 0.3) is 11.0 Å². The Morgan fingerprint density at radius 1 is 1.43 bits per heavy atom. The first-order valence-electron chi connectivity index (χ1n) is 7.66. The quantitative estimate of drug-likeness (QED) is 0.851. The Hall–Kier alpha value is -1.65. The number of nitrogens with zero attached hydrogens (tertiary/aromatic N) is 2. The van der Waals surface area contributed by atoms with Crippen LogP contribution in [0.5, 0.6) is 0 Å². The van der Waals surface area contributed by atoms with Gasteiger partial charge in [-0.25, -0.2) is 4.98 Å². The first kappa shape index (κ1) is 14.3. The summed E-state index contributed by atoms with van der Waals surface area (Å²) in [6.45, 7) is 6.00. The Kier molecular flexibility index (Phi) is 4.08. The van der Waals surface area contributed by atoms with Gasteiger partial charge in [-0.05, 0) is 50.4 Å². The van der Waals surface area contributed by atoms with Gasteiger partial charge < -0.3 is 15.0 Å². The topological polar surface area (TPSA) is 50.1 Å². The lowest BCUT2D eigenvalue weighted by molar-refractivity contribution is 0.115. The molecule has 1 aromatic carbocycles. The van der Waals surface area contributed by atoms with E-state index < -0.39 is 0 Å². The summed E-state index contributed by atoms with van der Waals surface area (Å²) in [5.74, 6) is 0. The molecule has 2 N–H and O–H groups in total. The Morgan fingerprint density at radius 2 is 2.29 bits per heavy atom. The molecule has 0 bridgehead atoms. The fraction of sp³-hybridized carbons (Fsp3) is 0.471. The lowest BCUT2D eigenvalue weighted by Crippen LogP contribution is -2.43. The largest absolute Gasteiger partial charge is 0.391 e. The maximum atomic E-state index is 9.93. The second kappa shape index (κ2) is 6.00. The van der Waals surface area contributed by atoms with Gasteiger partial charge in [0.1, 0.15) is 0 Å². The third-order valence-corrected chi connectivity index (χ3v) is 4.43. The Bertz CT molecular complexity index is 659. The number of aliphatic hydroxyl groups is 1. The highest BCUT2D eigenvalue weighted by molar-refractivity contribution is 5.80. The van der Waals surface area contributed by atoms with E-state index in [1.807, 2.05) is 6.33 Å². The minimum atomic E-state index is -0.264. The van der Waals surface area contributed by atoms with Crippen LogP contribution in [-0.4, -0.2) is 33.3 Å². The normalized spacial score (nSPS) is 23.2. The Labute approximate surface area is 125 Å². The van der Waals surface area contributed by atoms with Crippen molar-refractivity contribution in [3.8, 4) is 0 Å². The summed E-state index contributed by atoms with van der Waals surface area (Å²) in [5, 5.41) is 13.3. The van der Waals surface area contributed by atoms with Crippen LogP contribution in [0.15, 0.2) is 30.6 Å². The molecule has 2 heterocycles. The third-order valence-electron chi connectivity index (χ3n) is 4.43. The van der Waals surface area contributed by atoms with Crippen molar-refractivity contribution >= 4 is 11.0 Å². The zero-order chi connectivity index (χ0) is 14.8. The summed E-state index contributed by atoms with van der Waals surface area (Å²) in [7, 11) is 0. The van der Waals surface area contributed by atoms with Crippen LogP contribution in [-0.2, 0) is 6.54 Å². The lowest BCUT2D eigenvalue weighted by Gasteiger charge is -2.26. The first-order valence-corrected chi connectivity index (χ1v) is 7.66. The van der Waals surface area contributed by atoms with Crippen LogP contribution in [0.1, 0.15) is 24.0 Å². The van der Waals surface area contributed by atoms with Gasteiger partial charge in [-0.15, -0.1) is 0 Å². The van der Waals surface area contributed by atoms with Crippen molar-refractivity contribution < 1.29 is 5.11 Å². The molecule has 1 saturated heterocycles. The van der Waals surface area contributed by atoms with Crippen molar-refractivity contribution in [3.05, 3.63) is 41.7 Å². The predicted octanol–water partition coefficient (Wildman–Crippen LogP) is 2.32. The van der Waals surface area contributed by atoms with Crippen molar-refractivity contribution in [2.75, 3.05) is 6.54 Å². The second-order valence-electron chi connectivity index (χ2n) is 5.89. The van der Waals surface area contributed by atoms with Gasteiger partial charge in [0.05, 0.1) is 29.5 Å². The number of fused-ring (bicyclic) bond motifs is 1. The average molecular weight is 285 g/mol. The number of rotatable bonds is 3. The zero-order valence-corrected chi connectivity index (χ0v) is 12.7. The molecule has 1 aliphatic heterocycles.